The van der Waals surface area contributed by atoms with Crippen LogP contribution in [0.2, 0.25) is 10.0 Å². The largest absolute Gasteiger partial charge is 0.316 e. The van der Waals surface area contributed by atoms with Gasteiger partial charge in [0.2, 0.25) is 5.91 Å². The van der Waals surface area contributed by atoms with Crippen molar-refractivity contribution in [3.05, 3.63) is 33.6 Å². The van der Waals surface area contributed by atoms with E-state index in [1.807, 2.05) is 11.4 Å². The third-order valence-corrected chi connectivity index (χ3v) is 4.98. The van der Waals surface area contributed by atoms with Crippen LogP contribution in [0.4, 0.5) is 5.82 Å². The summed E-state index contributed by atoms with van der Waals surface area (Å²) >= 11 is 13.4. The average Bonchev–Trinajstić information content (AvgIpc) is 3.12. The molecule has 2 aromatic rings. The minimum absolute atomic E-state index is 0.0194. The first-order valence-electron chi connectivity index (χ1n) is 6.56. The molecule has 0 radical (unpaired) electrons. The Labute approximate surface area is 136 Å². The van der Waals surface area contributed by atoms with Crippen molar-refractivity contribution in [3.63, 3.8) is 0 Å². The van der Waals surface area contributed by atoms with Gasteiger partial charge in [0.05, 0.1) is 16.0 Å². The Balaban J connectivity index is 1.73. The van der Waals surface area contributed by atoms with Gasteiger partial charge >= 0.3 is 0 Å². The van der Waals surface area contributed by atoms with Crippen molar-refractivity contribution in [3.8, 4) is 10.6 Å². The summed E-state index contributed by atoms with van der Waals surface area (Å²) < 4.78 is 0. The number of carbonyl (C=O) groups excluding carboxylic acids is 1. The topological polar surface area (TPSA) is 54.0 Å². The number of nitrogens with one attached hydrogen (secondary N) is 2. The van der Waals surface area contributed by atoms with E-state index in [-0.39, 0.29) is 11.8 Å². The van der Waals surface area contributed by atoms with Crippen molar-refractivity contribution in [1.29, 1.82) is 0 Å². The summed E-state index contributed by atoms with van der Waals surface area (Å²) in [4.78, 5) is 16.5. The molecular formula is C14H13Cl2N3OS. The number of anilines is 1. The zero-order valence-corrected chi connectivity index (χ0v) is 13.4. The lowest BCUT2D eigenvalue weighted by atomic mass is 10.1. The van der Waals surface area contributed by atoms with E-state index < -0.39 is 0 Å². The zero-order chi connectivity index (χ0) is 14.8. The van der Waals surface area contributed by atoms with E-state index in [1.165, 1.54) is 11.3 Å². The Hall–Kier alpha value is -1.14. The molecule has 1 aliphatic heterocycles. The second-order valence-corrected chi connectivity index (χ2v) is 6.52. The highest BCUT2D eigenvalue weighted by molar-refractivity contribution is 7.13. The highest BCUT2D eigenvalue weighted by atomic mass is 35.5. The van der Waals surface area contributed by atoms with Crippen LogP contribution >= 0.6 is 34.5 Å². The number of rotatable bonds is 3. The van der Waals surface area contributed by atoms with Gasteiger partial charge in [-0.05, 0) is 25.1 Å². The van der Waals surface area contributed by atoms with E-state index in [0.29, 0.717) is 15.9 Å². The fourth-order valence-corrected chi connectivity index (χ4v) is 3.25. The van der Waals surface area contributed by atoms with E-state index in [9.17, 15) is 4.79 Å². The maximum Gasteiger partial charge on any atom is 0.229 e. The molecule has 0 spiro atoms. The molecule has 1 unspecified atom stereocenters. The highest BCUT2D eigenvalue weighted by Gasteiger charge is 2.23. The highest BCUT2D eigenvalue weighted by Crippen LogP contribution is 2.31. The number of thiazole rings is 1. The van der Waals surface area contributed by atoms with Crippen LogP contribution in [0.25, 0.3) is 10.6 Å². The molecule has 0 aliphatic carbocycles. The molecule has 0 saturated carbocycles. The van der Waals surface area contributed by atoms with E-state index >= 15 is 0 Å². The normalized spacial score (nSPS) is 17.9. The summed E-state index contributed by atoms with van der Waals surface area (Å²) in [6.07, 6.45) is 0.871. The molecule has 1 aromatic carbocycles. The predicted octanol–water partition coefficient (Wildman–Crippen LogP) is 3.66. The molecule has 110 valence electrons. The maximum absolute atomic E-state index is 12.0. The third kappa shape index (κ3) is 3.37. The van der Waals surface area contributed by atoms with Crippen molar-refractivity contribution in [2.75, 3.05) is 18.4 Å². The van der Waals surface area contributed by atoms with Crippen molar-refractivity contribution < 1.29 is 4.79 Å². The lowest BCUT2D eigenvalue weighted by Gasteiger charge is -2.07. The van der Waals surface area contributed by atoms with Crippen LogP contribution in [-0.2, 0) is 4.79 Å². The third-order valence-electron chi connectivity index (χ3n) is 3.35. The van der Waals surface area contributed by atoms with Gasteiger partial charge in [0, 0.05) is 17.5 Å². The molecule has 2 heterocycles. The number of hydrogen-bond acceptors (Lipinski definition) is 4. The summed E-state index contributed by atoms with van der Waals surface area (Å²) in [5, 5.41) is 9.67. The molecule has 1 amide bonds. The molecule has 1 fully saturated rings. The molecule has 0 bridgehead atoms. The summed E-state index contributed by atoms with van der Waals surface area (Å²) in [5.41, 5.74) is 0.887. The Morgan fingerprint density at radius 3 is 2.95 bits per heavy atom. The molecule has 7 heteroatoms. The SMILES string of the molecule is O=C(Nc1csc(-c2ccc(Cl)c(Cl)c2)n1)C1CCNC1. The van der Waals surface area contributed by atoms with Gasteiger partial charge in [0.15, 0.2) is 0 Å². The number of amides is 1. The Bertz CT molecular complexity index is 668. The van der Waals surface area contributed by atoms with Gasteiger partial charge in [-0.1, -0.05) is 29.3 Å². The van der Waals surface area contributed by atoms with Crippen LogP contribution in [0.1, 0.15) is 6.42 Å². The molecule has 1 atom stereocenters. The van der Waals surface area contributed by atoms with Gasteiger partial charge in [0.1, 0.15) is 10.8 Å². The zero-order valence-electron chi connectivity index (χ0n) is 11.0. The van der Waals surface area contributed by atoms with Crippen LogP contribution in [0, 0.1) is 5.92 Å². The first kappa shape index (κ1) is 14.8. The fraction of sp³-hybridized carbons (Fsp3) is 0.286. The molecule has 4 nitrogen and oxygen atoms in total. The average molecular weight is 342 g/mol. The summed E-state index contributed by atoms with van der Waals surface area (Å²) in [6.45, 7) is 1.62. The minimum Gasteiger partial charge on any atom is -0.316 e. The molecular weight excluding hydrogens is 329 g/mol. The monoisotopic (exact) mass is 341 g/mol. The van der Waals surface area contributed by atoms with Crippen LogP contribution in [0.15, 0.2) is 23.6 Å². The molecule has 3 rings (SSSR count). The van der Waals surface area contributed by atoms with Gasteiger partial charge < -0.3 is 10.6 Å². The van der Waals surface area contributed by atoms with Crippen LogP contribution in [0.3, 0.4) is 0 Å². The quantitative estimate of drug-likeness (QED) is 0.895. The summed E-state index contributed by atoms with van der Waals surface area (Å²) in [7, 11) is 0. The van der Waals surface area contributed by atoms with Gasteiger partial charge in [-0.25, -0.2) is 4.98 Å². The van der Waals surface area contributed by atoms with Crippen molar-refractivity contribution in [2.24, 2.45) is 5.92 Å². The summed E-state index contributed by atoms with van der Waals surface area (Å²) in [5.74, 6) is 0.629. The van der Waals surface area contributed by atoms with Gasteiger partial charge in [-0.3, -0.25) is 4.79 Å². The van der Waals surface area contributed by atoms with Crippen molar-refractivity contribution in [2.45, 2.75) is 6.42 Å². The van der Waals surface area contributed by atoms with Crippen molar-refractivity contribution in [1.82, 2.24) is 10.3 Å². The van der Waals surface area contributed by atoms with Crippen LogP contribution in [-0.4, -0.2) is 24.0 Å². The summed E-state index contributed by atoms with van der Waals surface area (Å²) in [6, 6.07) is 5.37. The second-order valence-electron chi connectivity index (χ2n) is 4.85. The Morgan fingerprint density at radius 1 is 1.38 bits per heavy atom. The van der Waals surface area contributed by atoms with Crippen molar-refractivity contribution >= 4 is 46.3 Å². The van der Waals surface area contributed by atoms with E-state index in [1.54, 1.807) is 12.1 Å². The Kier molecular flexibility index (Phi) is 4.45. The minimum atomic E-state index is 0.0194. The lowest BCUT2D eigenvalue weighted by molar-refractivity contribution is -0.119. The van der Waals surface area contributed by atoms with Gasteiger partial charge in [-0.2, -0.15) is 0 Å². The number of aromatic nitrogens is 1. The second kappa shape index (κ2) is 6.32. The number of halogens is 2. The maximum atomic E-state index is 12.0. The number of nitrogens with zero attached hydrogens (tertiary/aromatic N) is 1. The first-order valence-corrected chi connectivity index (χ1v) is 8.19. The lowest BCUT2D eigenvalue weighted by Crippen LogP contribution is -2.24. The van der Waals surface area contributed by atoms with Gasteiger partial charge in [-0.15, -0.1) is 11.3 Å². The molecule has 1 aromatic heterocycles. The molecule has 2 N–H and O–H groups in total. The van der Waals surface area contributed by atoms with Gasteiger partial charge in [0.25, 0.3) is 0 Å². The van der Waals surface area contributed by atoms with E-state index in [0.717, 1.165) is 30.1 Å². The molecule has 21 heavy (non-hydrogen) atoms. The van der Waals surface area contributed by atoms with Crippen LogP contribution in [0.5, 0.6) is 0 Å². The van der Waals surface area contributed by atoms with Crippen LogP contribution < -0.4 is 10.6 Å². The predicted molar refractivity (Wildman–Crippen MR) is 87.2 cm³/mol. The smallest absolute Gasteiger partial charge is 0.229 e. The first-order chi connectivity index (χ1) is 10.1. The molecule has 1 saturated heterocycles. The standard InChI is InChI=1S/C14H13Cl2N3OS/c15-10-2-1-8(5-11(10)16)14-19-12(7-21-14)18-13(20)9-3-4-17-6-9/h1-2,5,7,9,17H,3-4,6H2,(H,18,20). The number of benzene rings is 1. The molecule has 1 aliphatic rings. The van der Waals surface area contributed by atoms with E-state index in [4.69, 9.17) is 23.2 Å². The Morgan fingerprint density at radius 2 is 2.24 bits per heavy atom. The number of hydrogen-bond donors (Lipinski definition) is 2. The van der Waals surface area contributed by atoms with E-state index in [2.05, 4.69) is 15.6 Å². The number of carbonyl (C=O) groups is 1. The fourth-order valence-electron chi connectivity index (χ4n) is 2.20.